The van der Waals surface area contributed by atoms with Crippen LogP contribution in [0, 0.1) is 11.3 Å². The zero-order valence-electron chi connectivity index (χ0n) is 13.7. The highest BCUT2D eigenvalue weighted by Crippen LogP contribution is 2.22. The molecule has 3 amide bonds. The van der Waals surface area contributed by atoms with Gasteiger partial charge in [0.2, 0.25) is 5.91 Å². The fourth-order valence-corrected chi connectivity index (χ4v) is 1.83. The Morgan fingerprint density at radius 3 is 2.14 bits per heavy atom. The lowest BCUT2D eigenvalue weighted by atomic mass is 9.85. The van der Waals surface area contributed by atoms with E-state index in [1.807, 2.05) is 20.8 Å². The summed E-state index contributed by atoms with van der Waals surface area (Å²) in [5.41, 5.74) is -0.374. The van der Waals surface area contributed by atoms with E-state index in [1.165, 1.54) is 4.90 Å². The number of amides is 3. The van der Waals surface area contributed by atoms with Crippen molar-refractivity contribution in [3.05, 3.63) is 0 Å². The number of nitrogens with zero attached hydrogens (tertiary/aromatic N) is 1. The lowest BCUT2D eigenvalue weighted by Crippen LogP contribution is -2.50. The first-order chi connectivity index (χ1) is 9.48. The maximum atomic E-state index is 12.1. The highest BCUT2D eigenvalue weighted by molar-refractivity contribution is 5.80. The Labute approximate surface area is 126 Å². The van der Waals surface area contributed by atoms with E-state index in [0.717, 1.165) is 0 Å². The summed E-state index contributed by atoms with van der Waals surface area (Å²) in [4.78, 5) is 35.9. The Hall–Kier alpha value is -1.79. The molecule has 2 unspecified atom stereocenters. The minimum Gasteiger partial charge on any atom is -0.481 e. The van der Waals surface area contributed by atoms with Gasteiger partial charge in [0.05, 0.1) is 12.3 Å². The molecule has 0 rings (SSSR count). The van der Waals surface area contributed by atoms with Gasteiger partial charge in [-0.15, -0.1) is 0 Å². The molecule has 0 fully saturated rings. The molecule has 3 N–H and O–H groups in total. The highest BCUT2D eigenvalue weighted by atomic mass is 16.4. The van der Waals surface area contributed by atoms with Gasteiger partial charge in [-0.3, -0.25) is 9.59 Å². The van der Waals surface area contributed by atoms with Crippen LogP contribution < -0.4 is 10.6 Å². The lowest BCUT2D eigenvalue weighted by molar-refractivity contribution is -0.138. The van der Waals surface area contributed by atoms with Gasteiger partial charge in [-0.2, -0.15) is 0 Å². The molecule has 7 heteroatoms. The number of hydrogen-bond acceptors (Lipinski definition) is 3. The molecule has 0 aliphatic heterocycles. The zero-order valence-corrected chi connectivity index (χ0v) is 13.7. The Balaban J connectivity index is 4.68. The number of carbonyl (C=O) groups is 3. The fourth-order valence-electron chi connectivity index (χ4n) is 1.83. The van der Waals surface area contributed by atoms with Crippen molar-refractivity contribution < 1.29 is 19.5 Å². The maximum Gasteiger partial charge on any atom is 0.317 e. The van der Waals surface area contributed by atoms with Gasteiger partial charge in [0.1, 0.15) is 0 Å². The van der Waals surface area contributed by atoms with Crippen LogP contribution in [0.15, 0.2) is 0 Å². The first kappa shape index (κ1) is 19.2. The third kappa shape index (κ3) is 6.97. The highest BCUT2D eigenvalue weighted by Gasteiger charge is 2.29. The van der Waals surface area contributed by atoms with Crippen LogP contribution >= 0.6 is 0 Å². The monoisotopic (exact) mass is 301 g/mol. The summed E-state index contributed by atoms with van der Waals surface area (Å²) in [6.07, 6.45) is -0.145. The number of hydrogen-bond donors (Lipinski definition) is 3. The van der Waals surface area contributed by atoms with Crippen LogP contribution in [0.3, 0.4) is 0 Å². The Kier molecular flexibility index (Phi) is 7.18. The normalized spacial score (nSPS) is 14.0. The molecule has 2 atom stereocenters. The second kappa shape index (κ2) is 7.85. The Bertz CT molecular complexity index is 390. The summed E-state index contributed by atoms with van der Waals surface area (Å²) in [7, 11) is 3.12. The van der Waals surface area contributed by atoms with Gasteiger partial charge in [0, 0.05) is 26.7 Å². The van der Waals surface area contributed by atoms with Gasteiger partial charge < -0.3 is 20.6 Å². The van der Waals surface area contributed by atoms with E-state index in [2.05, 4.69) is 10.6 Å². The van der Waals surface area contributed by atoms with E-state index >= 15 is 0 Å². The number of carboxylic acids is 1. The largest absolute Gasteiger partial charge is 0.481 e. The van der Waals surface area contributed by atoms with Crippen LogP contribution in [-0.4, -0.2) is 54.6 Å². The van der Waals surface area contributed by atoms with E-state index in [1.54, 1.807) is 21.0 Å². The smallest absolute Gasteiger partial charge is 0.317 e. The van der Waals surface area contributed by atoms with Crippen LogP contribution in [0.1, 0.15) is 34.1 Å². The van der Waals surface area contributed by atoms with Gasteiger partial charge >= 0.3 is 12.0 Å². The van der Waals surface area contributed by atoms with E-state index in [-0.39, 0.29) is 36.2 Å². The van der Waals surface area contributed by atoms with Crippen LogP contribution in [0.5, 0.6) is 0 Å². The molecule has 0 aromatic heterocycles. The molecular weight excluding hydrogens is 274 g/mol. The molecule has 0 spiro atoms. The molecule has 122 valence electrons. The molecule has 21 heavy (non-hydrogen) atoms. The molecule has 0 saturated carbocycles. The number of urea groups is 1. The average molecular weight is 301 g/mol. The van der Waals surface area contributed by atoms with Crippen molar-refractivity contribution in [3.63, 3.8) is 0 Å². The minimum atomic E-state index is -0.961. The van der Waals surface area contributed by atoms with E-state index in [0.29, 0.717) is 0 Å². The molecular formula is C14H27N3O4. The minimum absolute atomic E-state index is 0.145. The van der Waals surface area contributed by atoms with E-state index in [9.17, 15) is 14.4 Å². The van der Waals surface area contributed by atoms with Gasteiger partial charge in [0.15, 0.2) is 0 Å². The van der Waals surface area contributed by atoms with Crippen molar-refractivity contribution in [2.75, 3.05) is 20.6 Å². The summed E-state index contributed by atoms with van der Waals surface area (Å²) < 4.78 is 0. The van der Waals surface area contributed by atoms with Crippen molar-refractivity contribution in [1.82, 2.24) is 15.5 Å². The summed E-state index contributed by atoms with van der Waals surface area (Å²) >= 11 is 0. The average Bonchev–Trinajstić information content (AvgIpc) is 2.34. The second-order valence-electron chi connectivity index (χ2n) is 6.36. The first-order valence-electron chi connectivity index (χ1n) is 6.94. The van der Waals surface area contributed by atoms with Gasteiger partial charge in [-0.05, 0) is 5.41 Å². The molecule has 7 nitrogen and oxygen atoms in total. The SMILES string of the molecule is CNC(=O)C(C)CN(C)C(=O)NC(CC(=O)O)C(C)(C)C. The van der Waals surface area contributed by atoms with Gasteiger partial charge in [-0.1, -0.05) is 27.7 Å². The zero-order chi connectivity index (χ0) is 16.8. The first-order valence-corrected chi connectivity index (χ1v) is 6.94. The molecule has 0 aromatic rings. The predicted octanol–water partition coefficient (Wildman–Crippen LogP) is 0.899. The molecule has 0 saturated heterocycles. The number of nitrogens with one attached hydrogen (secondary N) is 2. The van der Waals surface area contributed by atoms with Crippen molar-refractivity contribution in [2.45, 2.75) is 40.2 Å². The molecule has 0 radical (unpaired) electrons. The van der Waals surface area contributed by atoms with Crippen LogP contribution in [0.2, 0.25) is 0 Å². The summed E-state index contributed by atoms with van der Waals surface area (Å²) in [6.45, 7) is 7.59. The maximum absolute atomic E-state index is 12.1. The van der Waals surface area contributed by atoms with Crippen LogP contribution in [0.4, 0.5) is 4.79 Å². The van der Waals surface area contributed by atoms with Crippen molar-refractivity contribution in [1.29, 1.82) is 0 Å². The third-order valence-corrected chi connectivity index (χ3v) is 3.31. The standard InChI is InChI=1S/C14H27N3O4/c1-9(12(20)15-5)8-17(6)13(21)16-10(7-11(18)19)14(2,3)4/h9-10H,7-8H2,1-6H3,(H,15,20)(H,16,21)(H,18,19). The molecule has 0 aliphatic rings. The molecule has 0 aromatic carbocycles. The van der Waals surface area contributed by atoms with Crippen LogP contribution in [0.25, 0.3) is 0 Å². The van der Waals surface area contributed by atoms with Crippen molar-refractivity contribution in [2.24, 2.45) is 11.3 Å². The predicted molar refractivity (Wildman–Crippen MR) is 79.9 cm³/mol. The summed E-state index contributed by atoms with van der Waals surface area (Å²) in [5, 5.41) is 14.2. The van der Waals surface area contributed by atoms with E-state index in [4.69, 9.17) is 5.11 Å². The van der Waals surface area contributed by atoms with Gasteiger partial charge in [0.25, 0.3) is 0 Å². The molecule has 0 heterocycles. The van der Waals surface area contributed by atoms with Gasteiger partial charge in [-0.25, -0.2) is 4.79 Å². The summed E-state index contributed by atoms with van der Waals surface area (Å²) in [5.74, 6) is -1.44. The fraction of sp³-hybridized carbons (Fsp3) is 0.786. The summed E-state index contributed by atoms with van der Waals surface area (Å²) in [6, 6.07) is -0.868. The third-order valence-electron chi connectivity index (χ3n) is 3.31. The number of carboxylic acid groups (broad SMARTS) is 1. The number of carbonyl (C=O) groups excluding carboxylic acids is 2. The van der Waals surface area contributed by atoms with Crippen molar-refractivity contribution >= 4 is 17.9 Å². The van der Waals surface area contributed by atoms with Crippen LogP contribution in [-0.2, 0) is 9.59 Å². The van der Waals surface area contributed by atoms with Crippen molar-refractivity contribution in [3.8, 4) is 0 Å². The lowest BCUT2D eigenvalue weighted by Gasteiger charge is -2.32. The quantitative estimate of drug-likeness (QED) is 0.678. The Morgan fingerprint density at radius 1 is 1.24 bits per heavy atom. The molecule has 0 bridgehead atoms. The second-order valence-corrected chi connectivity index (χ2v) is 6.36. The van der Waals surface area contributed by atoms with E-state index < -0.39 is 12.0 Å². The molecule has 0 aliphatic carbocycles. The topological polar surface area (TPSA) is 98.7 Å². The number of rotatable bonds is 6. The number of aliphatic carboxylic acids is 1. The Morgan fingerprint density at radius 2 is 1.76 bits per heavy atom.